The van der Waals surface area contributed by atoms with Gasteiger partial charge in [-0.1, -0.05) is 45.4 Å². The van der Waals surface area contributed by atoms with Gasteiger partial charge < -0.3 is 10.1 Å². The molecule has 0 saturated carbocycles. The number of nitrogens with one attached hydrogen (secondary N) is 1. The summed E-state index contributed by atoms with van der Waals surface area (Å²) in [4.78, 5) is 12.5. The van der Waals surface area contributed by atoms with Crippen molar-refractivity contribution in [2.75, 3.05) is 12.4 Å². The number of ether oxygens (including phenoxy) is 1. The van der Waals surface area contributed by atoms with E-state index in [0.717, 1.165) is 33.7 Å². The van der Waals surface area contributed by atoms with Gasteiger partial charge in [0.1, 0.15) is 5.75 Å². The molecule has 1 amide bonds. The van der Waals surface area contributed by atoms with E-state index in [-0.39, 0.29) is 5.91 Å². The van der Waals surface area contributed by atoms with Gasteiger partial charge in [-0.15, -0.1) is 0 Å². The molecule has 1 aliphatic heterocycles. The Hall–Kier alpha value is -2.26. The highest BCUT2D eigenvalue weighted by Crippen LogP contribution is 2.39. The fraction of sp³-hybridized carbons (Fsp3) is 0.318. The van der Waals surface area contributed by atoms with Gasteiger partial charge in [-0.2, -0.15) is 0 Å². The number of amides is 1. The van der Waals surface area contributed by atoms with Crippen LogP contribution >= 0.6 is 11.6 Å². The molecule has 3 nitrogen and oxygen atoms in total. The summed E-state index contributed by atoms with van der Waals surface area (Å²) in [7, 11) is 1.72. The molecule has 4 heteroatoms. The molecule has 0 unspecified atom stereocenters. The number of hydrogen-bond acceptors (Lipinski definition) is 2. The van der Waals surface area contributed by atoms with E-state index in [1.54, 1.807) is 13.2 Å². The standard InChI is InChI=1S/C22H24ClNO2/c1-12(2)17-8-14(9-18(13(3)4)21(17)26-5)10-19-16-7-6-15(23)11-20(16)24-22(19)25/h6-13H,1-5H3,(H,24,25)/b19-10-. The van der Waals surface area contributed by atoms with Crippen molar-refractivity contribution in [2.45, 2.75) is 39.5 Å². The Morgan fingerprint density at radius 2 is 1.65 bits per heavy atom. The van der Waals surface area contributed by atoms with Crippen LogP contribution < -0.4 is 10.1 Å². The number of anilines is 1. The van der Waals surface area contributed by atoms with Gasteiger partial charge in [-0.25, -0.2) is 0 Å². The summed E-state index contributed by atoms with van der Waals surface area (Å²) in [5, 5.41) is 3.50. The highest BCUT2D eigenvalue weighted by atomic mass is 35.5. The molecule has 26 heavy (non-hydrogen) atoms. The highest BCUT2D eigenvalue weighted by Gasteiger charge is 2.25. The monoisotopic (exact) mass is 369 g/mol. The van der Waals surface area contributed by atoms with Gasteiger partial charge in [0.25, 0.3) is 5.91 Å². The van der Waals surface area contributed by atoms with Crippen LogP contribution in [0.3, 0.4) is 0 Å². The second kappa shape index (κ2) is 7.16. The Labute approximate surface area is 160 Å². The quantitative estimate of drug-likeness (QED) is 0.662. The molecule has 0 bridgehead atoms. The molecule has 0 aromatic heterocycles. The summed E-state index contributed by atoms with van der Waals surface area (Å²) in [6.45, 7) is 8.60. The molecule has 0 atom stereocenters. The summed E-state index contributed by atoms with van der Waals surface area (Å²) in [6.07, 6.45) is 1.95. The lowest BCUT2D eigenvalue weighted by atomic mass is 9.90. The summed E-state index contributed by atoms with van der Waals surface area (Å²) < 4.78 is 5.70. The van der Waals surface area contributed by atoms with E-state index in [1.165, 1.54) is 0 Å². The van der Waals surface area contributed by atoms with Crippen molar-refractivity contribution in [3.05, 3.63) is 57.6 Å². The zero-order valence-corrected chi connectivity index (χ0v) is 16.6. The van der Waals surface area contributed by atoms with Crippen LogP contribution in [0.15, 0.2) is 30.3 Å². The summed E-state index contributed by atoms with van der Waals surface area (Å²) in [6, 6.07) is 9.70. The van der Waals surface area contributed by atoms with Gasteiger partial charge >= 0.3 is 0 Å². The van der Waals surface area contributed by atoms with Crippen molar-refractivity contribution in [1.29, 1.82) is 0 Å². The van der Waals surface area contributed by atoms with Gasteiger partial charge in [0.15, 0.2) is 0 Å². The minimum atomic E-state index is -0.102. The summed E-state index contributed by atoms with van der Waals surface area (Å²) in [5.41, 5.74) is 5.61. The Kier molecular flexibility index (Phi) is 5.10. The number of benzene rings is 2. The average molecular weight is 370 g/mol. The van der Waals surface area contributed by atoms with Gasteiger partial charge in [0.2, 0.25) is 0 Å². The first-order chi connectivity index (χ1) is 12.3. The Morgan fingerprint density at radius 1 is 1.04 bits per heavy atom. The smallest absolute Gasteiger partial charge is 0.256 e. The third-order valence-electron chi connectivity index (χ3n) is 4.69. The number of fused-ring (bicyclic) bond motifs is 1. The van der Waals surface area contributed by atoms with Gasteiger partial charge in [0, 0.05) is 16.2 Å². The fourth-order valence-corrected chi connectivity index (χ4v) is 3.52. The van der Waals surface area contributed by atoms with Gasteiger partial charge in [-0.3, -0.25) is 4.79 Å². The number of methoxy groups -OCH3 is 1. The molecule has 0 saturated heterocycles. The summed E-state index contributed by atoms with van der Waals surface area (Å²) in [5.74, 6) is 1.49. The van der Waals surface area contributed by atoms with E-state index in [2.05, 4.69) is 45.1 Å². The van der Waals surface area contributed by atoms with E-state index >= 15 is 0 Å². The zero-order chi connectivity index (χ0) is 19.0. The molecule has 0 radical (unpaired) electrons. The normalized spacial score (nSPS) is 14.9. The molecule has 136 valence electrons. The second-order valence-electron chi connectivity index (χ2n) is 7.24. The third kappa shape index (κ3) is 3.36. The first-order valence-electron chi connectivity index (χ1n) is 8.86. The van der Waals surface area contributed by atoms with E-state index < -0.39 is 0 Å². The average Bonchev–Trinajstić information content (AvgIpc) is 2.88. The van der Waals surface area contributed by atoms with Crippen LogP contribution in [0.4, 0.5) is 5.69 Å². The lowest BCUT2D eigenvalue weighted by molar-refractivity contribution is -0.110. The zero-order valence-electron chi connectivity index (χ0n) is 15.8. The Balaban J connectivity index is 2.16. The Morgan fingerprint density at radius 3 is 2.19 bits per heavy atom. The molecular formula is C22H24ClNO2. The predicted octanol–water partition coefficient (Wildman–Crippen LogP) is 6.09. The molecule has 0 spiro atoms. The van der Waals surface area contributed by atoms with Crippen LogP contribution in [-0.4, -0.2) is 13.0 Å². The van der Waals surface area contributed by atoms with Crippen LogP contribution in [0.5, 0.6) is 5.75 Å². The number of carbonyl (C=O) groups is 1. The lowest BCUT2D eigenvalue weighted by Crippen LogP contribution is -2.04. The maximum absolute atomic E-state index is 12.5. The molecule has 1 heterocycles. The molecule has 1 N–H and O–H groups in total. The fourth-order valence-electron chi connectivity index (χ4n) is 3.35. The van der Waals surface area contributed by atoms with E-state index in [1.807, 2.05) is 18.2 Å². The van der Waals surface area contributed by atoms with Crippen molar-refractivity contribution in [3.63, 3.8) is 0 Å². The molecule has 3 rings (SSSR count). The third-order valence-corrected chi connectivity index (χ3v) is 4.93. The highest BCUT2D eigenvalue weighted by molar-refractivity contribution is 6.36. The molecule has 0 fully saturated rings. The van der Waals surface area contributed by atoms with Crippen LogP contribution in [0.1, 0.15) is 61.8 Å². The topological polar surface area (TPSA) is 38.3 Å². The van der Waals surface area contributed by atoms with Crippen LogP contribution in [0.2, 0.25) is 5.02 Å². The van der Waals surface area contributed by atoms with Crippen molar-refractivity contribution < 1.29 is 9.53 Å². The van der Waals surface area contributed by atoms with Crippen LogP contribution in [0.25, 0.3) is 11.6 Å². The van der Waals surface area contributed by atoms with Crippen molar-refractivity contribution in [1.82, 2.24) is 0 Å². The molecular weight excluding hydrogens is 346 g/mol. The van der Waals surface area contributed by atoms with Crippen LogP contribution in [-0.2, 0) is 4.79 Å². The number of halogens is 1. The van der Waals surface area contributed by atoms with Crippen molar-refractivity contribution in [3.8, 4) is 5.75 Å². The minimum absolute atomic E-state index is 0.102. The lowest BCUT2D eigenvalue weighted by Gasteiger charge is -2.19. The number of rotatable bonds is 4. The van der Waals surface area contributed by atoms with E-state index in [9.17, 15) is 4.79 Å². The molecule has 1 aliphatic rings. The van der Waals surface area contributed by atoms with Gasteiger partial charge in [0.05, 0.1) is 12.8 Å². The first kappa shape index (κ1) is 18.5. The van der Waals surface area contributed by atoms with Crippen LogP contribution in [0, 0.1) is 0 Å². The predicted molar refractivity (Wildman–Crippen MR) is 109 cm³/mol. The largest absolute Gasteiger partial charge is 0.496 e. The molecule has 2 aromatic carbocycles. The van der Waals surface area contributed by atoms with Gasteiger partial charge in [-0.05, 0) is 58.9 Å². The van der Waals surface area contributed by atoms with Crippen molar-refractivity contribution >= 4 is 34.8 Å². The van der Waals surface area contributed by atoms with E-state index in [0.29, 0.717) is 22.4 Å². The maximum Gasteiger partial charge on any atom is 0.256 e. The van der Waals surface area contributed by atoms with Crippen molar-refractivity contribution in [2.24, 2.45) is 0 Å². The van der Waals surface area contributed by atoms with E-state index in [4.69, 9.17) is 16.3 Å². The summed E-state index contributed by atoms with van der Waals surface area (Å²) >= 11 is 6.04. The number of carbonyl (C=O) groups excluding carboxylic acids is 1. The molecule has 0 aliphatic carbocycles. The SMILES string of the molecule is COc1c(C(C)C)cc(/C=C2\C(=O)Nc3cc(Cl)ccc32)cc1C(C)C. The first-order valence-corrected chi connectivity index (χ1v) is 9.24. The molecule has 2 aromatic rings. The number of hydrogen-bond donors (Lipinski definition) is 1. The second-order valence-corrected chi connectivity index (χ2v) is 7.68. The Bertz CT molecular complexity index is 868. The minimum Gasteiger partial charge on any atom is -0.496 e. The maximum atomic E-state index is 12.5.